The van der Waals surface area contributed by atoms with E-state index in [1.54, 1.807) is 6.20 Å². The molecule has 1 aromatic heterocycles. The first-order chi connectivity index (χ1) is 9.54. The summed E-state index contributed by atoms with van der Waals surface area (Å²) >= 11 is 0. The Morgan fingerprint density at radius 3 is 2.10 bits per heavy atom. The Morgan fingerprint density at radius 1 is 1.19 bits per heavy atom. The second-order valence-electron chi connectivity index (χ2n) is 7.14. The molecule has 0 unspecified atom stereocenters. The number of nitrogens with one attached hydrogen (secondary N) is 1. The number of hydrogen-bond acceptors (Lipinski definition) is 3. The Bertz CT molecular complexity index is 463. The highest BCUT2D eigenvalue weighted by Crippen LogP contribution is 2.17. The quantitative estimate of drug-likeness (QED) is 0.908. The van der Waals surface area contributed by atoms with Crippen LogP contribution in [0.3, 0.4) is 0 Å². The predicted octanol–water partition coefficient (Wildman–Crippen LogP) is 3.08. The molecule has 0 aliphatic rings. The first-order valence-corrected chi connectivity index (χ1v) is 7.68. The van der Waals surface area contributed by atoms with E-state index in [-0.39, 0.29) is 29.6 Å². The maximum atomic E-state index is 12.6. The molecule has 0 radical (unpaired) electrons. The van der Waals surface area contributed by atoms with E-state index in [9.17, 15) is 4.79 Å². The number of rotatable bonds is 5. The minimum atomic E-state index is -0.271. The number of carbonyl (C=O) groups is 1. The van der Waals surface area contributed by atoms with Crippen molar-refractivity contribution in [3.8, 4) is 0 Å². The van der Waals surface area contributed by atoms with Crippen LogP contribution < -0.4 is 5.32 Å². The van der Waals surface area contributed by atoms with Crippen molar-refractivity contribution in [2.75, 3.05) is 5.32 Å². The van der Waals surface area contributed by atoms with E-state index in [0.29, 0.717) is 0 Å². The second kappa shape index (κ2) is 6.50. The molecule has 0 saturated carbocycles. The molecule has 1 aromatic rings. The van der Waals surface area contributed by atoms with Crippen LogP contribution >= 0.6 is 0 Å². The van der Waals surface area contributed by atoms with Gasteiger partial charge in [0.15, 0.2) is 0 Å². The minimum Gasteiger partial charge on any atom is -0.371 e. The number of amides is 1. The van der Waals surface area contributed by atoms with E-state index in [1.165, 1.54) is 0 Å². The predicted molar refractivity (Wildman–Crippen MR) is 87.4 cm³/mol. The number of aromatic nitrogens is 2. The standard InChI is InChI=1S/C16H30N4O/c1-11(2)20(12(3)4)15(21)13(5)18-14-9-17-19(10-14)16(6,7)8/h9-13,18H,1-8H3/t13-/m1/s1. The molecular weight excluding hydrogens is 264 g/mol. The van der Waals surface area contributed by atoms with Gasteiger partial charge in [-0.05, 0) is 55.4 Å². The van der Waals surface area contributed by atoms with Crippen LogP contribution in [0.5, 0.6) is 0 Å². The van der Waals surface area contributed by atoms with Gasteiger partial charge in [0.1, 0.15) is 6.04 Å². The van der Waals surface area contributed by atoms with Gasteiger partial charge in [0.2, 0.25) is 5.91 Å². The third-order valence-electron chi connectivity index (χ3n) is 3.39. The third-order valence-corrected chi connectivity index (χ3v) is 3.39. The minimum absolute atomic E-state index is 0.0604. The zero-order chi connectivity index (χ0) is 16.4. The van der Waals surface area contributed by atoms with Gasteiger partial charge in [0.05, 0.1) is 17.4 Å². The summed E-state index contributed by atoms with van der Waals surface area (Å²) in [5.41, 5.74) is 0.813. The van der Waals surface area contributed by atoms with Crippen molar-refractivity contribution in [2.24, 2.45) is 0 Å². The van der Waals surface area contributed by atoms with Crippen molar-refractivity contribution in [1.29, 1.82) is 0 Å². The average Bonchev–Trinajstić information content (AvgIpc) is 2.75. The normalized spacial score (nSPS) is 13.6. The molecule has 1 atom stereocenters. The number of nitrogens with zero attached hydrogens (tertiary/aromatic N) is 3. The largest absolute Gasteiger partial charge is 0.371 e. The van der Waals surface area contributed by atoms with Crippen LogP contribution in [0.2, 0.25) is 0 Å². The lowest BCUT2D eigenvalue weighted by Gasteiger charge is -2.33. The van der Waals surface area contributed by atoms with Crippen LogP contribution in [-0.2, 0) is 10.3 Å². The summed E-state index contributed by atoms with van der Waals surface area (Å²) in [7, 11) is 0. The number of carbonyl (C=O) groups excluding carboxylic acids is 1. The van der Waals surface area contributed by atoms with Gasteiger partial charge >= 0.3 is 0 Å². The van der Waals surface area contributed by atoms with Crippen molar-refractivity contribution >= 4 is 11.6 Å². The van der Waals surface area contributed by atoms with Crippen molar-refractivity contribution < 1.29 is 4.79 Å². The Hall–Kier alpha value is -1.52. The van der Waals surface area contributed by atoms with E-state index in [2.05, 4.69) is 31.2 Å². The van der Waals surface area contributed by atoms with Crippen molar-refractivity contribution in [3.63, 3.8) is 0 Å². The molecule has 1 heterocycles. The Labute approximate surface area is 128 Å². The highest BCUT2D eigenvalue weighted by atomic mass is 16.2. The molecular formula is C16H30N4O. The van der Waals surface area contributed by atoms with E-state index >= 15 is 0 Å². The van der Waals surface area contributed by atoms with Crippen LogP contribution in [0.25, 0.3) is 0 Å². The molecule has 0 saturated heterocycles. The van der Waals surface area contributed by atoms with Crippen LogP contribution in [0.15, 0.2) is 12.4 Å². The zero-order valence-electron chi connectivity index (χ0n) is 14.6. The summed E-state index contributed by atoms with van der Waals surface area (Å²) in [6.45, 7) is 16.4. The molecule has 1 amide bonds. The Morgan fingerprint density at radius 2 is 1.71 bits per heavy atom. The van der Waals surface area contributed by atoms with Crippen molar-refractivity contribution in [2.45, 2.75) is 79.1 Å². The van der Waals surface area contributed by atoms with Crippen molar-refractivity contribution in [3.05, 3.63) is 12.4 Å². The molecule has 0 spiro atoms. The number of hydrogen-bond donors (Lipinski definition) is 1. The SMILES string of the molecule is CC(C)N(C(=O)[C@@H](C)Nc1cnn(C(C)(C)C)c1)C(C)C. The zero-order valence-corrected chi connectivity index (χ0v) is 14.6. The molecule has 5 nitrogen and oxygen atoms in total. The molecule has 1 N–H and O–H groups in total. The van der Waals surface area contributed by atoms with Gasteiger partial charge in [-0.15, -0.1) is 0 Å². The van der Waals surface area contributed by atoms with E-state index in [0.717, 1.165) is 5.69 Å². The maximum absolute atomic E-state index is 12.6. The Balaban J connectivity index is 2.78. The molecule has 0 aromatic carbocycles. The summed E-state index contributed by atoms with van der Waals surface area (Å²) in [4.78, 5) is 14.5. The van der Waals surface area contributed by atoms with Crippen molar-refractivity contribution in [1.82, 2.24) is 14.7 Å². The fourth-order valence-electron chi connectivity index (χ4n) is 2.40. The summed E-state index contributed by atoms with van der Waals surface area (Å²) < 4.78 is 1.90. The molecule has 1 rings (SSSR count). The van der Waals surface area contributed by atoms with Gasteiger partial charge in [-0.25, -0.2) is 0 Å². The summed E-state index contributed by atoms with van der Waals surface area (Å²) in [6, 6.07) is 0.116. The lowest BCUT2D eigenvalue weighted by Crippen LogP contribution is -2.48. The van der Waals surface area contributed by atoms with E-state index in [1.807, 2.05) is 50.4 Å². The lowest BCUT2D eigenvalue weighted by atomic mass is 10.1. The topological polar surface area (TPSA) is 50.2 Å². The first-order valence-electron chi connectivity index (χ1n) is 7.68. The second-order valence-corrected chi connectivity index (χ2v) is 7.14. The molecule has 0 aliphatic heterocycles. The molecule has 0 aliphatic carbocycles. The maximum Gasteiger partial charge on any atom is 0.245 e. The summed E-state index contributed by atoms with van der Waals surface area (Å²) in [6.07, 6.45) is 3.71. The smallest absolute Gasteiger partial charge is 0.245 e. The monoisotopic (exact) mass is 294 g/mol. The van der Waals surface area contributed by atoms with Gasteiger partial charge in [-0.1, -0.05) is 0 Å². The molecule has 5 heteroatoms. The van der Waals surface area contributed by atoms with Gasteiger partial charge in [-0.3, -0.25) is 9.48 Å². The fourth-order valence-corrected chi connectivity index (χ4v) is 2.40. The molecule has 120 valence electrons. The van der Waals surface area contributed by atoms with Gasteiger partial charge < -0.3 is 10.2 Å². The van der Waals surface area contributed by atoms with Gasteiger partial charge in [0, 0.05) is 18.3 Å². The fraction of sp³-hybridized carbons (Fsp3) is 0.750. The lowest BCUT2D eigenvalue weighted by molar-refractivity contribution is -0.135. The number of anilines is 1. The molecule has 0 fully saturated rings. The van der Waals surface area contributed by atoms with Crippen LogP contribution in [-0.4, -0.2) is 38.7 Å². The molecule has 21 heavy (non-hydrogen) atoms. The Kier molecular flexibility index (Phi) is 5.42. The van der Waals surface area contributed by atoms with E-state index < -0.39 is 0 Å². The van der Waals surface area contributed by atoms with E-state index in [4.69, 9.17) is 0 Å². The highest BCUT2D eigenvalue weighted by molar-refractivity contribution is 5.84. The van der Waals surface area contributed by atoms with Crippen LogP contribution in [0, 0.1) is 0 Å². The van der Waals surface area contributed by atoms with Gasteiger partial charge in [-0.2, -0.15) is 5.10 Å². The summed E-state index contributed by atoms with van der Waals surface area (Å²) in [5.74, 6) is 0.114. The van der Waals surface area contributed by atoms with Crippen LogP contribution in [0.1, 0.15) is 55.4 Å². The average molecular weight is 294 g/mol. The third kappa shape index (κ3) is 4.48. The first kappa shape index (κ1) is 17.5. The molecule has 0 bridgehead atoms. The van der Waals surface area contributed by atoms with Gasteiger partial charge in [0.25, 0.3) is 0 Å². The van der Waals surface area contributed by atoms with Crippen LogP contribution in [0.4, 0.5) is 5.69 Å². The summed E-state index contributed by atoms with van der Waals surface area (Å²) in [5, 5.41) is 7.59. The highest BCUT2D eigenvalue weighted by Gasteiger charge is 2.25.